The standard InChI is InChI=1S/C14H9F3O2/c15-14(16,17)19-13-7-2-1-6-12(13)11-5-3-4-10(8-11)9-18/h1-9H. The van der Waals surface area contributed by atoms with Gasteiger partial charge in [-0.25, -0.2) is 0 Å². The molecule has 0 aromatic heterocycles. The van der Waals surface area contributed by atoms with E-state index in [9.17, 15) is 18.0 Å². The van der Waals surface area contributed by atoms with Gasteiger partial charge in [0.05, 0.1) is 0 Å². The van der Waals surface area contributed by atoms with Crippen LogP contribution in [0.5, 0.6) is 5.75 Å². The van der Waals surface area contributed by atoms with Crippen molar-refractivity contribution in [3.05, 3.63) is 54.1 Å². The molecule has 2 aromatic carbocycles. The Bertz CT molecular complexity index is 591. The Kier molecular flexibility index (Phi) is 3.55. The molecule has 0 aliphatic rings. The number of hydrogen-bond acceptors (Lipinski definition) is 2. The van der Waals surface area contributed by atoms with E-state index in [2.05, 4.69) is 4.74 Å². The van der Waals surface area contributed by atoms with Gasteiger partial charge in [0.25, 0.3) is 0 Å². The number of rotatable bonds is 3. The molecule has 0 amide bonds. The van der Waals surface area contributed by atoms with Crippen LogP contribution in [0.3, 0.4) is 0 Å². The van der Waals surface area contributed by atoms with Crippen LogP contribution in [0.15, 0.2) is 48.5 Å². The molecule has 0 aliphatic carbocycles. The molecule has 0 unspecified atom stereocenters. The van der Waals surface area contributed by atoms with Crippen molar-refractivity contribution in [3.63, 3.8) is 0 Å². The normalized spacial score (nSPS) is 11.1. The lowest BCUT2D eigenvalue weighted by atomic mass is 10.0. The fourth-order valence-electron chi connectivity index (χ4n) is 1.70. The third kappa shape index (κ3) is 3.34. The molecule has 19 heavy (non-hydrogen) atoms. The van der Waals surface area contributed by atoms with Crippen molar-refractivity contribution in [2.24, 2.45) is 0 Å². The van der Waals surface area contributed by atoms with E-state index >= 15 is 0 Å². The Labute approximate surface area is 107 Å². The van der Waals surface area contributed by atoms with Crippen molar-refractivity contribution in [3.8, 4) is 16.9 Å². The first-order valence-electron chi connectivity index (χ1n) is 5.40. The van der Waals surface area contributed by atoms with E-state index in [4.69, 9.17) is 0 Å². The summed E-state index contributed by atoms with van der Waals surface area (Å²) in [5.41, 5.74) is 1.16. The molecule has 0 radical (unpaired) electrons. The summed E-state index contributed by atoms with van der Waals surface area (Å²) >= 11 is 0. The maximum Gasteiger partial charge on any atom is 0.573 e. The van der Waals surface area contributed by atoms with Crippen molar-refractivity contribution in [2.75, 3.05) is 0 Å². The summed E-state index contributed by atoms with van der Waals surface area (Å²) in [6, 6.07) is 12.1. The molecule has 2 rings (SSSR count). The van der Waals surface area contributed by atoms with Crippen LogP contribution in [0.2, 0.25) is 0 Å². The van der Waals surface area contributed by atoms with Crippen LogP contribution in [0.4, 0.5) is 13.2 Å². The minimum Gasteiger partial charge on any atom is -0.405 e. The Morgan fingerprint density at radius 3 is 2.42 bits per heavy atom. The van der Waals surface area contributed by atoms with Gasteiger partial charge in [0.1, 0.15) is 12.0 Å². The molecule has 5 heteroatoms. The van der Waals surface area contributed by atoms with E-state index in [0.717, 1.165) is 0 Å². The van der Waals surface area contributed by atoms with Gasteiger partial charge < -0.3 is 4.74 Å². The summed E-state index contributed by atoms with van der Waals surface area (Å²) in [4.78, 5) is 10.7. The number of aldehydes is 1. The van der Waals surface area contributed by atoms with E-state index in [1.165, 1.54) is 24.3 Å². The second-order valence-corrected chi connectivity index (χ2v) is 3.79. The van der Waals surface area contributed by atoms with Crippen molar-refractivity contribution in [1.82, 2.24) is 0 Å². The second-order valence-electron chi connectivity index (χ2n) is 3.79. The fourth-order valence-corrected chi connectivity index (χ4v) is 1.70. The maximum atomic E-state index is 12.3. The van der Waals surface area contributed by atoms with Gasteiger partial charge in [0.15, 0.2) is 0 Å². The monoisotopic (exact) mass is 266 g/mol. The van der Waals surface area contributed by atoms with Crippen molar-refractivity contribution in [1.29, 1.82) is 0 Å². The van der Waals surface area contributed by atoms with E-state index in [0.29, 0.717) is 17.4 Å². The second kappa shape index (κ2) is 5.14. The molecule has 0 fully saturated rings. The van der Waals surface area contributed by atoms with Gasteiger partial charge >= 0.3 is 6.36 Å². The highest BCUT2D eigenvalue weighted by Crippen LogP contribution is 2.33. The summed E-state index contributed by atoms with van der Waals surface area (Å²) in [6.07, 6.45) is -4.12. The Hall–Kier alpha value is -2.30. The minimum atomic E-state index is -4.75. The quantitative estimate of drug-likeness (QED) is 0.783. The van der Waals surface area contributed by atoms with Gasteiger partial charge in [-0.2, -0.15) is 0 Å². The Balaban J connectivity index is 2.46. The third-order valence-corrected chi connectivity index (χ3v) is 2.45. The average Bonchev–Trinajstić information content (AvgIpc) is 2.37. The van der Waals surface area contributed by atoms with Gasteiger partial charge in [-0.15, -0.1) is 13.2 Å². The molecule has 0 saturated heterocycles. The molecule has 0 N–H and O–H groups in total. The zero-order chi connectivity index (χ0) is 13.9. The predicted octanol–water partition coefficient (Wildman–Crippen LogP) is 4.06. The number of alkyl halides is 3. The van der Waals surface area contributed by atoms with Crippen LogP contribution in [-0.2, 0) is 0 Å². The third-order valence-electron chi connectivity index (χ3n) is 2.45. The first kappa shape index (κ1) is 13.1. The smallest absolute Gasteiger partial charge is 0.405 e. The SMILES string of the molecule is O=Cc1cccc(-c2ccccc2OC(F)(F)F)c1. The van der Waals surface area contributed by atoms with Crippen LogP contribution < -0.4 is 4.74 Å². The molecule has 0 saturated carbocycles. The van der Waals surface area contributed by atoms with Gasteiger partial charge in [0.2, 0.25) is 0 Å². The zero-order valence-corrected chi connectivity index (χ0v) is 9.65. The molecule has 2 aromatic rings. The number of benzene rings is 2. The highest BCUT2D eigenvalue weighted by atomic mass is 19.4. The average molecular weight is 266 g/mol. The first-order valence-corrected chi connectivity index (χ1v) is 5.40. The Morgan fingerprint density at radius 2 is 1.74 bits per heavy atom. The van der Waals surface area contributed by atoms with Gasteiger partial charge in [0, 0.05) is 11.1 Å². The molecule has 2 nitrogen and oxygen atoms in total. The van der Waals surface area contributed by atoms with Gasteiger partial charge in [-0.05, 0) is 17.7 Å². The molecular formula is C14H9F3O2. The summed E-state index contributed by atoms with van der Waals surface area (Å²) in [5, 5.41) is 0. The number of ether oxygens (including phenoxy) is 1. The number of carbonyl (C=O) groups is 1. The van der Waals surface area contributed by atoms with E-state index < -0.39 is 6.36 Å². The Morgan fingerprint density at radius 1 is 1.00 bits per heavy atom. The molecular weight excluding hydrogens is 257 g/mol. The first-order chi connectivity index (χ1) is 8.99. The summed E-state index contributed by atoms with van der Waals surface area (Å²) in [6.45, 7) is 0. The highest BCUT2D eigenvalue weighted by molar-refractivity contribution is 5.80. The molecule has 0 atom stereocenters. The van der Waals surface area contributed by atoms with Gasteiger partial charge in [-0.3, -0.25) is 4.79 Å². The lowest BCUT2D eigenvalue weighted by Gasteiger charge is -2.13. The summed E-state index contributed by atoms with van der Waals surface area (Å²) in [5.74, 6) is -0.293. The van der Waals surface area contributed by atoms with E-state index in [1.807, 2.05) is 0 Å². The number of carbonyl (C=O) groups excluding carboxylic acids is 1. The topological polar surface area (TPSA) is 26.3 Å². The van der Waals surface area contributed by atoms with Crippen molar-refractivity contribution < 1.29 is 22.7 Å². The minimum absolute atomic E-state index is 0.281. The fraction of sp³-hybridized carbons (Fsp3) is 0.0714. The van der Waals surface area contributed by atoms with Crippen LogP contribution in [-0.4, -0.2) is 12.6 Å². The predicted molar refractivity (Wildman–Crippen MR) is 63.9 cm³/mol. The highest BCUT2D eigenvalue weighted by Gasteiger charge is 2.32. The largest absolute Gasteiger partial charge is 0.573 e. The lowest BCUT2D eigenvalue weighted by molar-refractivity contribution is -0.274. The molecule has 98 valence electrons. The molecule has 0 bridgehead atoms. The van der Waals surface area contributed by atoms with E-state index in [-0.39, 0.29) is 11.3 Å². The maximum absolute atomic E-state index is 12.3. The van der Waals surface area contributed by atoms with Gasteiger partial charge in [-0.1, -0.05) is 36.4 Å². The number of para-hydroxylation sites is 1. The summed E-state index contributed by atoms with van der Waals surface area (Å²) in [7, 11) is 0. The molecule has 0 spiro atoms. The lowest BCUT2D eigenvalue weighted by Crippen LogP contribution is -2.17. The number of halogens is 3. The van der Waals surface area contributed by atoms with Crippen LogP contribution >= 0.6 is 0 Å². The van der Waals surface area contributed by atoms with Crippen molar-refractivity contribution >= 4 is 6.29 Å². The van der Waals surface area contributed by atoms with E-state index in [1.54, 1.807) is 24.3 Å². The number of hydrogen-bond donors (Lipinski definition) is 0. The van der Waals surface area contributed by atoms with Crippen molar-refractivity contribution in [2.45, 2.75) is 6.36 Å². The summed E-state index contributed by atoms with van der Waals surface area (Å²) < 4.78 is 40.9. The van der Waals surface area contributed by atoms with Crippen LogP contribution in [0.25, 0.3) is 11.1 Å². The van der Waals surface area contributed by atoms with Crippen LogP contribution in [0, 0.1) is 0 Å². The zero-order valence-electron chi connectivity index (χ0n) is 9.65. The van der Waals surface area contributed by atoms with Crippen LogP contribution in [0.1, 0.15) is 10.4 Å². The molecule has 0 aliphatic heterocycles. The molecule has 0 heterocycles.